The fraction of sp³-hybridized carbons (Fsp3) is 0.227. The first-order valence-electron chi connectivity index (χ1n) is 9.70. The number of benzene rings is 1. The first-order valence-corrected chi connectivity index (χ1v) is 11.2. The lowest BCUT2D eigenvalue weighted by atomic mass is 10.1. The second-order valence-corrected chi connectivity index (χ2v) is 8.99. The SMILES string of the molecule is N#CC(=Cc1c(N2CCCCC2)nc2ccccn2c1=O)S(=O)(=O)c1ccccc1. The van der Waals surface area contributed by atoms with Crippen LogP contribution in [0.4, 0.5) is 5.82 Å². The predicted octanol–water partition coefficient (Wildman–Crippen LogP) is 3.02. The Morgan fingerprint density at radius 3 is 2.43 bits per heavy atom. The molecule has 7 nitrogen and oxygen atoms in total. The van der Waals surface area contributed by atoms with Gasteiger partial charge in [-0.3, -0.25) is 9.20 Å². The Morgan fingerprint density at radius 2 is 1.73 bits per heavy atom. The van der Waals surface area contributed by atoms with E-state index in [9.17, 15) is 18.5 Å². The highest BCUT2D eigenvalue weighted by Gasteiger charge is 2.24. The summed E-state index contributed by atoms with van der Waals surface area (Å²) >= 11 is 0. The molecule has 0 bridgehead atoms. The second-order valence-electron chi connectivity index (χ2n) is 7.07. The number of rotatable bonds is 4. The summed E-state index contributed by atoms with van der Waals surface area (Å²) in [5, 5.41) is 9.65. The van der Waals surface area contributed by atoms with Gasteiger partial charge < -0.3 is 4.90 Å². The van der Waals surface area contributed by atoms with Crippen molar-refractivity contribution in [3.8, 4) is 6.07 Å². The van der Waals surface area contributed by atoms with Crippen LogP contribution < -0.4 is 10.5 Å². The molecule has 1 saturated heterocycles. The predicted molar refractivity (Wildman–Crippen MR) is 115 cm³/mol. The third kappa shape index (κ3) is 3.60. The van der Waals surface area contributed by atoms with Crippen LogP contribution in [0.15, 0.2) is 69.3 Å². The molecule has 0 N–H and O–H groups in total. The zero-order valence-electron chi connectivity index (χ0n) is 16.2. The molecule has 2 aromatic heterocycles. The van der Waals surface area contributed by atoms with Gasteiger partial charge in [0.15, 0.2) is 0 Å². The second kappa shape index (κ2) is 8.13. The molecular weight excluding hydrogens is 400 g/mol. The summed E-state index contributed by atoms with van der Waals surface area (Å²) in [6.45, 7) is 1.45. The lowest BCUT2D eigenvalue weighted by Crippen LogP contribution is -2.33. The van der Waals surface area contributed by atoms with Gasteiger partial charge >= 0.3 is 0 Å². The highest BCUT2D eigenvalue weighted by atomic mass is 32.2. The Kier molecular flexibility index (Phi) is 5.38. The molecule has 4 rings (SSSR count). The standard InChI is InChI=1S/C22H20N4O3S/c23-16-18(30(28,29)17-9-3-1-4-10-17)15-19-21(25-12-6-2-7-13-25)24-20-11-5-8-14-26(20)22(19)27/h1,3-5,8-11,14-15H,2,6-7,12-13H2. The Balaban J connectivity index is 1.95. The first kappa shape index (κ1) is 19.9. The zero-order chi connectivity index (χ0) is 21.1. The van der Waals surface area contributed by atoms with Crippen LogP contribution in [-0.4, -0.2) is 30.9 Å². The molecule has 30 heavy (non-hydrogen) atoms. The van der Waals surface area contributed by atoms with Gasteiger partial charge in [0.25, 0.3) is 5.56 Å². The number of pyridine rings is 1. The van der Waals surface area contributed by atoms with E-state index in [1.807, 2.05) is 4.90 Å². The van der Waals surface area contributed by atoms with E-state index in [1.165, 1.54) is 22.6 Å². The molecule has 8 heteroatoms. The van der Waals surface area contributed by atoms with Gasteiger partial charge in [0.05, 0.1) is 10.5 Å². The quantitative estimate of drug-likeness (QED) is 0.602. The van der Waals surface area contributed by atoms with Gasteiger partial charge in [-0.15, -0.1) is 0 Å². The van der Waals surface area contributed by atoms with E-state index in [0.29, 0.717) is 11.5 Å². The molecule has 1 aromatic carbocycles. The lowest BCUT2D eigenvalue weighted by Gasteiger charge is -2.29. The molecule has 0 saturated carbocycles. The van der Waals surface area contributed by atoms with E-state index in [0.717, 1.165) is 32.4 Å². The minimum atomic E-state index is -4.06. The maximum absolute atomic E-state index is 13.3. The number of piperidine rings is 1. The molecule has 0 radical (unpaired) electrons. The largest absolute Gasteiger partial charge is 0.356 e. The number of nitriles is 1. The lowest BCUT2D eigenvalue weighted by molar-refractivity contribution is 0.573. The minimum Gasteiger partial charge on any atom is -0.356 e. The smallest absolute Gasteiger partial charge is 0.267 e. The van der Waals surface area contributed by atoms with Gasteiger partial charge in [0.1, 0.15) is 22.4 Å². The Bertz CT molecular complexity index is 1320. The average Bonchev–Trinajstić information content (AvgIpc) is 2.79. The van der Waals surface area contributed by atoms with Crippen molar-refractivity contribution in [1.82, 2.24) is 9.38 Å². The van der Waals surface area contributed by atoms with Crippen LogP contribution in [0, 0.1) is 11.3 Å². The van der Waals surface area contributed by atoms with Crippen molar-refractivity contribution < 1.29 is 8.42 Å². The number of hydrogen-bond acceptors (Lipinski definition) is 6. The number of aromatic nitrogens is 2. The summed E-state index contributed by atoms with van der Waals surface area (Å²) in [6, 6.07) is 14.7. The topological polar surface area (TPSA) is 95.5 Å². The summed E-state index contributed by atoms with van der Waals surface area (Å²) in [6.07, 6.45) is 5.78. The number of allylic oxidation sites excluding steroid dienone is 1. The molecule has 1 aliphatic heterocycles. The fourth-order valence-corrected chi connectivity index (χ4v) is 4.75. The molecule has 0 spiro atoms. The van der Waals surface area contributed by atoms with Crippen molar-refractivity contribution in [2.24, 2.45) is 0 Å². The van der Waals surface area contributed by atoms with Crippen molar-refractivity contribution in [3.63, 3.8) is 0 Å². The van der Waals surface area contributed by atoms with Crippen LogP contribution in [0.2, 0.25) is 0 Å². The van der Waals surface area contributed by atoms with Gasteiger partial charge in [-0.05, 0) is 49.6 Å². The molecule has 0 aliphatic carbocycles. The van der Waals surface area contributed by atoms with E-state index in [4.69, 9.17) is 0 Å². The van der Waals surface area contributed by atoms with Crippen molar-refractivity contribution in [2.45, 2.75) is 24.2 Å². The summed E-state index contributed by atoms with van der Waals surface area (Å²) in [5.41, 5.74) is 0.179. The van der Waals surface area contributed by atoms with Gasteiger partial charge in [-0.1, -0.05) is 24.3 Å². The number of anilines is 1. The number of fused-ring (bicyclic) bond motifs is 1. The van der Waals surface area contributed by atoms with Crippen molar-refractivity contribution in [3.05, 3.63) is 75.6 Å². The minimum absolute atomic E-state index is 0.00572. The van der Waals surface area contributed by atoms with Gasteiger partial charge in [-0.2, -0.15) is 5.26 Å². The normalized spacial score (nSPS) is 15.2. The van der Waals surface area contributed by atoms with Crippen LogP contribution in [0.25, 0.3) is 11.7 Å². The summed E-state index contributed by atoms with van der Waals surface area (Å²) in [7, 11) is -4.06. The highest BCUT2D eigenvalue weighted by molar-refractivity contribution is 7.95. The van der Waals surface area contributed by atoms with E-state index in [1.54, 1.807) is 48.7 Å². The average molecular weight is 420 g/mol. The molecule has 3 heterocycles. The molecule has 0 unspecified atom stereocenters. The van der Waals surface area contributed by atoms with Crippen molar-refractivity contribution >= 4 is 27.4 Å². The number of nitrogens with zero attached hydrogens (tertiary/aromatic N) is 4. The van der Waals surface area contributed by atoms with Gasteiger partial charge in [0, 0.05) is 19.3 Å². The zero-order valence-corrected chi connectivity index (χ0v) is 17.0. The number of hydrogen-bond donors (Lipinski definition) is 0. The molecule has 1 aliphatic rings. The van der Waals surface area contributed by atoms with Crippen LogP contribution in [0.1, 0.15) is 24.8 Å². The van der Waals surface area contributed by atoms with Crippen molar-refractivity contribution in [1.29, 1.82) is 5.26 Å². The monoisotopic (exact) mass is 420 g/mol. The van der Waals surface area contributed by atoms with E-state index < -0.39 is 20.3 Å². The van der Waals surface area contributed by atoms with Crippen LogP contribution >= 0.6 is 0 Å². The fourth-order valence-electron chi connectivity index (χ4n) is 3.59. The molecule has 3 aromatic rings. The Labute approximate surface area is 174 Å². The highest BCUT2D eigenvalue weighted by Crippen LogP contribution is 2.26. The van der Waals surface area contributed by atoms with Gasteiger partial charge in [0.2, 0.25) is 9.84 Å². The third-order valence-electron chi connectivity index (χ3n) is 5.13. The summed E-state index contributed by atoms with van der Waals surface area (Å²) in [4.78, 5) is 19.4. The van der Waals surface area contributed by atoms with Gasteiger partial charge in [-0.25, -0.2) is 13.4 Å². The van der Waals surface area contributed by atoms with Crippen molar-refractivity contribution in [2.75, 3.05) is 18.0 Å². The van der Waals surface area contributed by atoms with Crippen LogP contribution in [-0.2, 0) is 9.84 Å². The van der Waals surface area contributed by atoms with Crippen LogP contribution in [0.3, 0.4) is 0 Å². The van der Waals surface area contributed by atoms with Crippen LogP contribution in [0.5, 0.6) is 0 Å². The summed E-state index contributed by atoms with van der Waals surface area (Å²) < 4.78 is 27.4. The molecular formula is C22H20N4O3S. The first-order chi connectivity index (χ1) is 14.5. The molecule has 152 valence electrons. The molecule has 0 amide bonds. The van der Waals surface area contributed by atoms with E-state index in [-0.39, 0.29) is 10.5 Å². The number of sulfone groups is 1. The van der Waals surface area contributed by atoms with E-state index in [2.05, 4.69) is 4.98 Å². The molecule has 1 fully saturated rings. The van der Waals surface area contributed by atoms with E-state index >= 15 is 0 Å². The maximum atomic E-state index is 13.3. The maximum Gasteiger partial charge on any atom is 0.267 e. The molecule has 0 atom stereocenters. The Hall–Kier alpha value is -3.44. The summed E-state index contributed by atoms with van der Waals surface area (Å²) in [5.74, 6) is 0.418. The third-order valence-corrected chi connectivity index (χ3v) is 6.81. The Morgan fingerprint density at radius 1 is 1.03 bits per heavy atom.